The molecular weight excluding hydrogens is 264 g/mol. The van der Waals surface area contributed by atoms with Gasteiger partial charge in [-0.05, 0) is 25.3 Å². The van der Waals surface area contributed by atoms with Crippen molar-refractivity contribution < 1.29 is 13.9 Å². The Balaban J connectivity index is 2.08. The Morgan fingerprint density at radius 3 is 2.71 bits per heavy atom. The third kappa shape index (κ3) is 2.77. The molecule has 21 heavy (non-hydrogen) atoms. The Hall–Kier alpha value is -2.29. The molecule has 0 N–H and O–H groups in total. The topological polar surface area (TPSA) is 39.4 Å². The molecule has 3 heteroatoms. The van der Waals surface area contributed by atoms with Crippen molar-refractivity contribution in [1.29, 1.82) is 0 Å². The summed E-state index contributed by atoms with van der Waals surface area (Å²) in [5.74, 6) is 1.56. The van der Waals surface area contributed by atoms with Gasteiger partial charge in [0.05, 0.1) is 7.11 Å². The fraction of sp³-hybridized carbons (Fsp3) is 0.278. The van der Waals surface area contributed by atoms with Crippen LogP contribution in [-0.4, -0.2) is 13.1 Å². The summed E-state index contributed by atoms with van der Waals surface area (Å²) < 4.78 is 10.8. The molecule has 1 aliphatic carbocycles. The highest BCUT2D eigenvalue weighted by Gasteiger charge is 2.22. The zero-order valence-corrected chi connectivity index (χ0v) is 12.1. The Labute approximate surface area is 124 Å². The average Bonchev–Trinajstić information content (AvgIpc) is 2.92. The van der Waals surface area contributed by atoms with E-state index in [9.17, 15) is 4.79 Å². The highest BCUT2D eigenvalue weighted by molar-refractivity contribution is 5.89. The van der Waals surface area contributed by atoms with Crippen LogP contribution in [0.5, 0.6) is 0 Å². The van der Waals surface area contributed by atoms with Crippen LogP contribution in [0.3, 0.4) is 0 Å². The summed E-state index contributed by atoms with van der Waals surface area (Å²) in [5.41, 5.74) is 3.29. The van der Waals surface area contributed by atoms with Crippen LogP contribution in [0, 0.1) is 0 Å². The standard InChI is InChI=1S/C18H18O3/c1-20-17(19)12-11-15-14-9-5-6-10-16(14)21-18(15)13-7-3-2-4-8-13/h2-4,7-8,11-12H,5-6,9-10H2,1H3/b12-11+. The molecule has 0 saturated heterocycles. The number of benzene rings is 1. The smallest absolute Gasteiger partial charge is 0.330 e. The third-order valence-electron chi connectivity index (χ3n) is 3.84. The van der Waals surface area contributed by atoms with Gasteiger partial charge in [0.1, 0.15) is 11.5 Å². The largest absolute Gasteiger partial charge is 0.466 e. The van der Waals surface area contributed by atoms with Gasteiger partial charge in [0.2, 0.25) is 0 Å². The van der Waals surface area contributed by atoms with E-state index < -0.39 is 0 Å². The van der Waals surface area contributed by atoms with Gasteiger partial charge >= 0.3 is 5.97 Å². The van der Waals surface area contributed by atoms with Crippen molar-refractivity contribution in [3.63, 3.8) is 0 Å². The molecule has 3 rings (SSSR count). The van der Waals surface area contributed by atoms with E-state index in [0.717, 1.165) is 41.9 Å². The number of aryl methyl sites for hydroxylation is 1. The number of methoxy groups -OCH3 is 1. The third-order valence-corrected chi connectivity index (χ3v) is 3.84. The van der Waals surface area contributed by atoms with Crippen molar-refractivity contribution in [2.75, 3.05) is 7.11 Å². The van der Waals surface area contributed by atoms with Crippen LogP contribution in [0.25, 0.3) is 17.4 Å². The van der Waals surface area contributed by atoms with Crippen LogP contribution in [0.4, 0.5) is 0 Å². The van der Waals surface area contributed by atoms with Crippen LogP contribution in [0.2, 0.25) is 0 Å². The number of carbonyl (C=O) groups is 1. The maximum absolute atomic E-state index is 11.4. The molecule has 0 saturated carbocycles. The van der Waals surface area contributed by atoms with Crippen LogP contribution in [0.15, 0.2) is 40.8 Å². The van der Waals surface area contributed by atoms with E-state index >= 15 is 0 Å². The van der Waals surface area contributed by atoms with Gasteiger partial charge in [-0.1, -0.05) is 30.3 Å². The van der Waals surface area contributed by atoms with Crippen LogP contribution < -0.4 is 0 Å². The molecule has 0 radical (unpaired) electrons. The van der Waals surface area contributed by atoms with Gasteiger partial charge in [0.15, 0.2) is 0 Å². The number of hydrogen-bond acceptors (Lipinski definition) is 3. The van der Waals surface area contributed by atoms with Crippen molar-refractivity contribution in [2.45, 2.75) is 25.7 Å². The zero-order chi connectivity index (χ0) is 14.7. The lowest BCUT2D eigenvalue weighted by atomic mass is 9.93. The zero-order valence-electron chi connectivity index (χ0n) is 12.1. The first-order valence-electron chi connectivity index (χ1n) is 7.25. The first-order valence-corrected chi connectivity index (χ1v) is 7.25. The van der Waals surface area contributed by atoms with E-state index in [-0.39, 0.29) is 5.97 Å². The summed E-state index contributed by atoms with van der Waals surface area (Å²) in [6.45, 7) is 0. The Bertz CT molecular complexity index is 665. The van der Waals surface area contributed by atoms with Gasteiger partial charge in [-0.2, -0.15) is 0 Å². The lowest BCUT2D eigenvalue weighted by molar-refractivity contribution is -0.134. The fourth-order valence-corrected chi connectivity index (χ4v) is 2.79. The molecule has 0 aliphatic heterocycles. The number of rotatable bonds is 3. The van der Waals surface area contributed by atoms with Gasteiger partial charge < -0.3 is 9.15 Å². The minimum absolute atomic E-state index is 0.347. The molecule has 1 heterocycles. The Morgan fingerprint density at radius 2 is 1.95 bits per heavy atom. The quantitative estimate of drug-likeness (QED) is 0.630. The molecule has 1 aromatic carbocycles. The van der Waals surface area contributed by atoms with Gasteiger partial charge in [-0.3, -0.25) is 0 Å². The molecule has 0 amide bonds. The van der Waals surface area contributed by atoms with E-state index in [1.807, 2.05) is 36.4 Å². The van der Waals surface area contributed by atoms with E-state index in [4.69, 9.17) is 4.42 Å². The van der Waals surface area contributed by atoms with Crippen LogP contribution in [-0.2, 0) is 22.4 Å². The van der Waals surface area contributed by atoms with E-state index in [2.05, 4.69) is 4.74 Å². The number of fused-ring (bicyclic) bond motifs is 1. The predicted octanol–water partition coefficient (Wildman–Crippen LogP) is 4.01. The normalized spacial score (nSPS) is 14.1. The molecule has 0 bridgehead atoms. The number of carbonyl (C=O) groups excluding carboxylic acids is 1. The van der Waals surface area contributed by atoms with Crippen molar-refractivity contribution in [1.82, 2.24) is 0 Å². The molecule has 1 aliphatic rings. The first kappa shape index (κ1) is 13.7. The lowest BCUT2D eigenvalue weighted by Crippen LogP contribution is -2.00. The number of ether oxygens (including phenoxy) is 1. The molecule has 0 atom stereocenters. The second kappa shape index (κ2) is 6.00. The van der Waals surface area contributed by atoms with Crippen LogP contribution >= 0.6 is 0 Å². The average molecular weight is 282 g/mol. The van der Waals surface area contributed by atoms with Crippen molar-refractivity contribution in [2.24, 2.45) is 0 Å². The summed E-state index contributed by atoms with van der Waals surface area (Å²) in [6, 6.07) is 10.0. The number of furan rings is 1. The fourth-order valence-electron chi connectivity index (χ4n) is 2.79. The second-order valence-corrected chi connectivity index (χ2v) is 5.18. The molecule has 0 fully saturated rings. The van der Waals surface area contributed by atoms with E-state index in [1.165, 1.54) is 25.2 Å². The van der Waals surface area contributed by atoms with Crippen LogP contribution in [0.1, 0.15) is 29.7 Å². The summed E-state index contributed by atoms with van der Waals surface area (Å²) in [6.07, 6.45) is 7.59. The van der Waals surface area contributed by atoms with Crippen molar-refractivity contribution in [3.05, 3.63) is 53.3 Å². The first-order chi connectivity index (χ1) is 10.3. The highest BCUT2D eigenvalue weighted by Crippen LogP contribution is 2.36. The number of hydrogen-bond donors (Lipinski definition) is 0. The maximum atomic E-state index is 11.4. The molecule has 108 valence electrons. The van der Waals surface area contributed by atoms with Gasteiger partial charge in [-0.15, -0.1) is 0 Å². The molecule has 2 aromatic rings. The lowest BCUT2D eigenvalue weighted by Gasteiger charge is -2.09. The minimum Gasteiger partial charge on any atom is -0.466 e. The van der Waals surface area contributed by atoms with Crippen molar-refractivity contribution in [3.8, 4) is 11.3 Å². The number of esters is 1. The van der Waals surface area contributed by atoms with Crippen molar-refractivity contribution >= 4 is 12.0 Å². The summed E-state index contributed by atoms with van der Waals surface area (Å²) in [7, 11) is 1.38. The summed E-state index contributed by atoms with van der Waals surface area (Å²) in [4.78, 5) is 11.4. The highest BCUT2D eigenvalue weighted by atomic mass is 16.5. The van der Waals surface area contributed by atoms with Gasteiger partial charge in [0.25, 0.3) is 0 Å². The molecule has 3 nitrogen and oxygen atoms in total. The van der Waals surface area contributed by atoms with E-state index in [0.29, 0.717) is 0 Å². The summed E-state index contributed by atoms with van der Waals surface area (Å²) >= 11 is 0. The molecule has 1 aromatic heterocycles. The second-order valence-electron chi connectivity index (χ2n) is 5.18. The monoisotopic (exact) mass is 282 g/mol. The van der Waals surface area contributed by atoms with Gasteiger partial charge in [-0.25, -0.2) is 4.79 Å². The molecular formula is C18H18O3. The Morgan fingerprint density at radius 1 is 1.19 bits per heavy atom. The Kier molecular flexibility index (Phi) is 3.91. The molecule has 0 unspecified atom stereocenters. The maximum Gasteiger partial charge on any atom is 0.330 e. The van der Waals surface area contributed by atoms with Gasteiger partial charge in [0, 0.05) is 29.2 Å². The minimum atomic E-state index is -0.347. The van der Waals surface area contributed by atoms with E-state index in [1.54, 1.807) is 0 Å². The SMILES string of the molecule is COC(=O)/C=C/c1c(-c2ccccc2)oc2c1CCCC2. The summed E-state index contributed by atoms with van der Waals surface area (Å²) in [5, 5.41) is 0. The molecule has 0 spiro atoms. The predicted molar refractivity (Wildman–Crippen MR) is 81.8 cm³/mol.